The summed E-state index contributed by atoms with van der Waals surface area (Å²) in [6.07, 6.45) is 4.24. The Balaban J connectivity index is 1.48. The number of methoxy groups -OCH3 is 1. The Labute approximate surface area is 261 Å². The summed E-state index contributed by atoms with van der Waals surface area (Å²) in [5.74, 6) is 7.24. The molecule has 0 radical (unpaired) electrons. The van der Waals surface area contributed by atoms with E-state index < -0.39 is 17.1 Å². The van der Waals surface area contributed by atoms with E-state index in [0.717, 1.165) is 41.8 Å². The molecule has 2 bridgehead atoms. The van der Waals surface area contributed by atoms with Crippen LogP contribution in [-0.2, 0) is 26.2 Å². The molecule has 232 valence electrons. The Morgan fingerprint density at radius 2 is 2.00 bits per heavy atom. The molecule has 2 aliphatic heterocycles. The molecule has 7 nitrogen and oxygen atoms in total. The second-order valence-electron chi connectivity index (χ2n) is 13.4. The number of esters is 1. The van der Waals surface area contributed by atoms with Gasteiger partial charge in [0.1, 0.15) is 11.7 Å². The molecule has 2 heterocycles. The van der Waals surface area contributed by atoms with E-state index in [1.54, 1.807) is 7.11 Å². The van der Waals surface area contributed by atoms with Crippen LogP contribution in [0.5, 0.6) is 11.5 Å². The quantitative estimate of drug-likeness (QED) is 0.251. The highest BCUT2D eigenvalue weighted by molar-refractivity contribution is 5.94. The summed E-state index contributed by atoms with van der Waals surface area (Å²) < 4.78 is 19.4. The normalized spacial score (nSPS) is 27.8. The van der Waals surface area contributed by atoms with Crippen LogP contribution in [0, 0.1) is 31.6 Å². The molecule has 0 unspecified atom stereocenters. The monoisotopic (exact) mass is 596 g/mol. The number of aryl methyl sites for hydroxylation is 2. The molecule has 0 N–H and O–H groups in total. The Hall–Kier alpha value is -3.76. The van der Waals surface area contributed by atoms with E-state index in [9.17, 15) is 9.59 Å². The highest BCUT2D eigenvalue weighted by Crippen LogP contribution is 2.67. The molecule has 6 rings (SSSR count). The molecule has 2 aliphatic carbocycles. The first kappa shape index (κ1) is 30.3. The molecule has 2 aromatic rings. The van der Waals surface area contributed by atoms with Crippen molar-refractivity contribution in [1.82, 2.24) is 9.80 Å². The number of carbonyl (C=O) groups is 2. The van der Waals surface area contributed by atoms with Gasteiger partial charge in [0.2, 0.25) is 0 Å². The van der Waals surface area contributed by atoms with Gasteiger partial charge in [-0.3, -0.25) is 14.5 Å². The smallest absolute Gasteiger partial charge is 0.303 e. The first-order valence-electron chi connectivity index (χ1n) is 15.9. The van der Waals surface area contributed by atoms with E-state index >= 15 is 0 Å². The number of nitrogens with zero attached hydrogens (tertiary/aromatic N) is 2. The second-order valence-corrected chi connectivity index (χ2v) is 13.4. The molecule has 5 atom stereocenters. The van der Waals surface area contributed by atoms with E-state index in [4.69, 9.17) is 14.2 Å². The third-order valence-corrected chi connectivity index (χ3v) is 10.4. The lowest BCUT2D eigenvalue weighted by Crippen LogP contribution is -2.79. The minimum absolute atomic E-state index is 0.0316. The highest BCUT2D eigenvalue weighted by atomic mass is 16.6. The lowest BCUT2D eigenvalue weighted by atomic mass is 9.48. The zero-order valence-corrected chi connectivity index (χ0v) is 26.9. The third kappa shape index (κ3) is 4.53. The van der Waals surface area contributed by atoms with Crippen LogP contribution in [0.25, 0.3) is 0 Å². The van der Waals surface area contributed by atoms with Crippen LogP contribution in [0.2, 0.25) is 0 Å². The lowest BCUT2D eigenvalue weighted by Gasteiger charge is -2.65. The Kier molecular flexibility index (Phi) is 7.78. The van der Waals surface area contributed by atoms with E-state index in [1.165, 1.54) is 18.1 Å². The van der Waals surface area contributed by atoms with Gasteiger partial charge in [-0.2, -0.15) is 0 Å². The summed E-state index contributed by atoms with van der Waals surface area (Å²) in [6, 6.07) is 9.87. The van der Waals surface area contributed by atoms with E-state index in [-0.39, 0.29) is 29.9 Å². The van der Waals surface area contributed by atoms with Crippen molar-refractivity contribution in [2.24, 2.45) is 5.92 Å². The van der Waals surface area contributed by atoms with Crippen LogP contribution >= 0.6 is 0 Å². The molecule has 44 heavy (non-hydrogen) atoms. The fraction of sp³-hybridized carbons (Fsp3) is 0.514. The zero-order chi connectivity index (χ0) is 31.4. The van der Waals surface area contributed by atoms with Crippen molar-refractivity contribution in [2.45, 2.75) is 89.5 Å². The van der Waals surface area contributed by atoms with Gasteiger partial charge in [-0.05, 0) is 80.3 Å². The largest absolute Gasteiger partial charge is 0.493 e. The number of amides is 1. The maximum absolute atomic E-state index is 14.1. The summed E-state index contributed by atoms with van der Waals surface area (Å²) in [5, 5.41) is 0. The number of ether oxygens (including phenoxy) is 3. The molecule has 4 aliphatic rings. The minimum Gasteiger partial charge on any atom is -0.493 e. The molecular weight excluding hydrogens is 552 g/mol. The summed E-state index contributed by atoms with van der Waals surface area (Å²) in [6.45, 7) is 16.0. The Morgan fingerprint density at radius 3 is 2.68 bits per heavy atom. The van der Waals surface area contributed by atoms with Crippen molar-refractivity contribution in [3.8, 4) is 23.3 Å². The summed E-state index contributed by atoms with van der Waals surface area (Å²) >= 11 is 0. The predicted molar refractivity (Wildman–Crippen MR) is 170 cm³/mol. The summed E-state index contributed by atoms with van der Waals surface area (Å²) in [5.41, 5.74) is 4.03. The minimum atomic E-state index is -0.802. The van der Waals surface area contributed by atoms with Gasteiger partial charge in [-0.25, -0.2) is 0 Å². The number of piperidine rings is 1. The highest BCUT2D eigenvalue weighted by Gasteiger charge is 2.75. The molecule has 0 aromatic heterocycles. The van der Waals surface area contributed by atoms with Crippen LogP contribution < -0.4 is 9.47 Å². The van der Waals surface area contributed by atoms with Crippen molar-refractivity contribution in [3.63, 3.8) is 0 Å². The molecule has 1 saturated carbocycles. The Morgan fingerprint density at radius 1 is 1.20 bits per heavy atom. The van der Waals surface area contributed by atoms with Gasteiger partial charge in [0.05, 0.1) is 24.6 Å². The first-order valence-corrected chi connectivity index (χ1v) is 15.9. The topological polar surface area (TPSA) is 68.3 Å². The zero-order valence-electron chi connectivity index (χ0n) is 26.9. The fourth-order valence-corrected chi connectivity index (χ4v) is 8.67. The van der Waals surface area contributed by atoms with Gasteiger partial charge >= 0.3 is 5.97 Å². The predicted octanol–water partition coefficient (Wildman–Crippen LogP) is 5.13. The van der Waals surface area contributed by atoms with Gasteiger partial charge in [0, 0.05) is 43.6 Å². The maximum Gasteiger partial charge on any atom is 0.303 e. The molecule has 2 aromatic carbocycles. The summed E-state index contributed by atoms with van der Waals surface area (Å²) in [7, 11) is 1.66. The van der Waals surface area contributed by atoms with Crippen LogP contribution in [0.15, 0.2) is 43.0 Å². The molecule has 2 fully saturated rings. The van der Waals surface area contributed by atoms with Crippen molar-refractivity contribution in [1.29, 1.82) is 0 Å². The number of hydrogen-bond donors (Lipinski definition) is 0. The molecule has 1 amide bonds. The van der Waals surface area contributed by atoms with E-state index in [0.29, 0.717) is 31.7 Å². The maximum atomic E-state index is 14.1. The first-order chi connectivity index (χ1) is 21.1. The summed E-state index contributed by atoms with van der Waals surface area (Å²) in [4.78, 5) is 31.4. The van der Waals surface area contributed by atoms with Crippen molar-refractivity contribution in [2.75, 3.05) is 26.7 Å². The lowest BCUT2D eigenvalue weighted by molar-refractivity contribution is -0.223. The van der Waals surface area contributed by atoms with Crippen molar-refractivity contribution >= 4 is 11.9 Å². The number of likely N-dealkylation sites (tertiary alicyclic amines) is 1. The molecule has 1 saturated heterocycles. The van der Waals surface area contributed by atoms with Gasteiger partial charge in [-0.1, -0.05) is 38.0 Å². The Bertz CT molecular complexity index is 1570. The fourth-order valence-electron chi connectivity index (χ4n) is 8.67. The van der Waals surface area contributed by atoms with Gasteiger partial charge in [0.25, 0.3) is 5.91 Å². The number of hydrogen-bond acceptors (Lipinski definition) is 6. The SMILES string of the molecule is C=CCN1CC[C@]23c4c5ccc(OC)c4O[C@H]2[C@@H](N(CC(C)C)C(=O)C#Cc2ccc(C)c(C)c2)CC[C@@]3(OC(C)=O)[C@H]1C5. The van der Waals surface area contributed by atoms with Crippen LogP contribution in [0.4, 0.5) is 0 Å². The molecule has 7 heteroatoms. The van der Waals surface area contributed by atoms with Crippen LogP contribution in [0.1, 0.15) is 67.9 Å². The average Bonchev–Trinajstić information content (AvgIpc) is 3.33. The number of carbonyl (C=O) groups excluding carboxylic acids is 2. The molecule has 1 spiro atoms. The third-order valence-electron chi connectivity index (χ3n) is 10.4. The average molecular weight is 597 g/mol. The number of benzene rings is 2. The van der Waals surface area contributed by atoms with Gasteiger partial charge in [0.15, 0.2) is 11.5 Å². The standard InChI is InChI=1S/C37H44N2O5/c1-8-18-38-19-17-36-33-28-12-13-30(42-7)34(33)43-35(36)29(15-16-37(36,31(38)21-28)44-26(6)40)39(22-23(2)3)32(41)14-11-27-10-9-24(4)25(5)20-27/h8-10,12-13,20,23,29,31,35H,1,15-19,21-22H2,2-7H3/t29-,31+,35-,36-,37+/m0/s1. The van der Waals surface area contributed by atoms with Crippen LogP contribution in [-0.4, -0.2) is 72.2 Å². The van der Waals surface area contributed by atoms with Crippen molar-refractivity contribution in [3.05, 3.63) is 70.8 Å². The van der Waals surface area contributed by atoms with Crippen molar-refractivity contribution < 1.29 is 23.8 Å². The second kappa shape index (κ2) is 11.3. The number of rotatable bonds is 7. The van der Waals surface area contributed by atoms with Gasteiger partial charge in [-0.15, -0.1) is 6.58 Å². The van der Waals surface area contributed by atoms with E-state index in [1.807, 2.05) is 35.2 Å². The molecular formula is C37H44N2O5. The van der Waals surface area contributed by atoms with E-state index in [2.05, 4.69) is 57.1 Å². The van der Waals surface area contributed by atoms with Crippen LogP contribution in [0.3, 0.4) is 0 Å². The van der Waals surface area contributed by atoms with Gasteiger partial charge < -0.3 is 19.1 Å².